The lowest BCUT2D eigenvalue weighted by Crippen LogP contribution is -2.55. The lowest BCUT2D eigenvalue weighted by molar-refractivity contribution is -0.161. The second-order valence-corrected chi connectivity index (χ2v) is 6.30. The van der Waals surface area contributed by atoms with Gasteiger partial charge in [0.2, 0.25) is 5.78 Å². The van der Waals surface area contributed by atoms with Gasteiger partial charge in [-0.25, -0.2) is 0 Å². The van der Waals surface area contributed by atoms with E-state index in [1.807, 2.05) is 37.3 Å². The van der Waals surface area contributed by atoms with Crippen LogP contribution in [-0.2, 0) is 20.9 Å². The number of carbonyl (C=O) groups excluding carboxylic acids is 2. The number of ether oxygens (including phenoxy) is 1. The largest absolute Gasteiger partial charge is 0.461 e. The number of nitrogens with zero attached hydrogens (tertiary/aromatic N) is 2. The van der Waals surface area contributed by atoms with Gasteiger partial charge >= 0.3 is 11.7 Å². The summed E-state index contributed by atoms with van der Waals surface area (Å²) in [5.74, 6) is -0.845. The van der Waals surface area contributed by atoms with Crippen molar-refractivity contribution in [1.29, 1.82) is 0 Å². The van der Waals surface area contributed by atoms with Gasteiger partial charge in [-0.05, 0) is 24.3 Å². The summed E-state index contributed by atoms with van der Waals surface area (Å²) >= 11 is 0. The SMILES string of the molecule is CC1CCC2(CC(=[N+]=[N-])C2=O)C1C(=O)OCc1ccccc1. The highest BCUT2D eigenvalue weighted by Gasteiger charge is 2.66. The maximum Gasteiger partial charge on any atom is 0.336 e. The van der Waals surface area contributed by atoms with Gasteiger partial charge in [0, 0.05) is 0 Å². The van der Waals surface area contributed by atoms with E-state index in [2.05, 4.69) is 4.79 Å². The number of benzene rings is 1. The summed E-state index contributed by atoms with van der Waals surface area (Å²) in [4.78, 5) is 27.8. The topological polar surface area (TPSA) is 79.8 Å². The highest BCUT2D eigenvalue weighted by atomic mass is 16.5. The van der Waals surface area contributed by atoms with Crippen LogP contribution in [0.4, 0.5) is 0 Å². The summed E-state index contributed by atoms with van der Waals surface area (Å²) < 4.78 is 5.44. The minimum atomic E-state index is -0.700. The highest BCUT2D eigenvalue weighted by molar-refractivity contribution is 6.47. The van der Waals surface area contributed by atoms with E-state index < -0.39 is 11.3 Å². The molecule has 1 spiro atoms. The van der Waals surface area contributed by atoms with Gasteiger partial charge in [0.1, 0.15) is 6.61 Å². The number of hydrogen-bond acceptors (Lipinski definition) is 3. The van der Waals surface area contributed by atoms with Crippen LogP contribution in [0.25, 0.3) is 5.53 Å². The van der Waals surface area contributed by atoms with Gasteiger partial charge in [0.05, 0.1) is 17.8 Å². The zero-order valence-corrected chi connectivity index (χ0v) is 12.5. The fourth-order valence-electron chi connectivity index (χ4n) is 3.80. The van der Waals surface area contributed by atoms with Crippen molar-refractivity contribution in [2.45, 2.75) is 32.8 Å². The van der Waals surface area contributed by atoms with Crippen molar-refractivity contribution in [2.75, 3.05) is 0 Å². The number of Topliss-reactive ketones (excluding diaryl/α,β-unsaturated/α-hetero) is 1. The van der Waals surface area contributed by atoms with Crippen molar-refractivity contribution in [3.8, 4) is 0 Å². The summed E-state index contributed by atoms with van der Waals surface area (Å²) in [6.07, 6.45) is 1.85. The smallest absolute Gasteiger partial charge is 0.336 e. The van der Waals surface area contributed by atoms with Crippen LogP contribution in [0.1, 0.15) is 31.7 Å². The molecule has 3 unspecified atom stereocenters. The molecule has 1 aromatic rings. The molecule has 22 heavy (non-hydrogen) atoms. The van der Waals surface area contributed by atoms with E-state index in [0.717, 1.165) is 12.0 Å². The molecule has 2 saturated carbocycles. The first-order valence-electron chi connectivity index (χ1n) is 7.55. The second kappa shape index (κ2) is 5.50. The third-order valence-electron chi connectivity index (χ3n) is 5.01. The Morgan fingerprint density at radius 1 is 1.41 bits per heavy atom. The Bertz CT molecular complexity index is 664. The first-order chi connectivity index (χ1) is 10.6. The average Bonchev–Trinajstić information content (AvgIpc) is 2.90. The van der Waals surface area contributed by atoms with E-state index in [4.69, 9.17) is 10.3 Å². The summed E-state index contributed by atoms with van der Waals surface area (Å²) in [6, 6.07) is 9.48. The Kier molecular flexibility index (Phi) is 3.67. The molecule has 2 aliphatic rings. The Balaban J connectivity index is 1.73. The van der Waals surface area contributed by atoms with Crippen molar-refractivity contribution < 1.29 is 19.1 Å². The average molecular weight is 298 g/mol. The van der Waals surface area contributed by atoms with Gasteiger partial charge in [-0.2, -0.15) is 4.79 Å². The zero-order chi connectivity index (χ0) is 15.7. The van der Waals surface area contributed by atoms with E-state index >= 15 is 0 Å². The second-order valence-electron chi connectivity index (χ2n) is 6.30. The minimum Gasteiger partial charge on any atom is -0.461 e. The Hall–Kier alpha value is -2.26. The molecule has 2 fully saturated rings. The molecule has 0 bridgehead atoms. The lowest BCUT2D eigenvalue weighted by Gasteiger charge is -2.37. The first-order valence-corrected chi connectivity index (χ1v) is 7.55. The summed E-state index contributed by atoms with van der Waals surface area (Å²) in [5, 5.41) is 0. The molecule has 0 aliphatic heterocycles. The Morgan fingerprint density at radius 3 is 2.77 bits per heavy atom. The van der Waals surface area contributed by atoms with Gasteiger partial charge in [0.15, 0.2) is 0 Å². The maximum absolute atomic E-state index is 12.5. The van der Waals surface area contributed by atoms with E-state index in [0.29, 0.717) is 12.8 Å². The summed E-state index contributed by atoms with van der Waals surface area (Å²) in [6.45, 7) is 2.19. The zero-order valence-electron chi connectivity index (χ0n) is 12.5. The van der Waals surface area contributed by atoms with Crippen LogP contribution in [0.3, 0.4) is 0 Å². The van der Waals surface area contributed by atoms with Crippen molar-refractivity contribution >= 4 is 17.5 Å². The molecule has 1 aromatic carbocycles. The molecular formula is C17H18N2O3. The molecule has 114 valence electrons. The van der Waals surface area contributed by atoms with Crippen molar-refractivity contribution in [3.05, 3.63) is 41.4 Å². The predicted octanol–water partition coefficient (Wildman–Crippen LogP) is 2.41. The monoisotopic (exact) mass is 298 g/mol. The molecule has 3 atom stereocenters. The molecule has 2 aliphatic carbocycles. The van der Waals surface area contributed by atoms with E-state index in [9.17, 15) is 9.59 Å². The quantitative estimate of drug-likeness (QED) is 0.488. The third kappa shape index (κ3) is 2.18. The third-order valence-corrected chi connectivity index (χ3v) is 5.01. The van der Waals surface area contributed by atoms with Crippen molar-refractivity contribution in [2.24, 2.45) is 17.3 Å². The van der Waals surface area contributed by atoms with Crippen LogP contribution in [0, 0.1) is 17.3 Å². The van der Waals surface area contributed by atoms with Crippen molar-refractivity contribution in [3.63, 3.8) is 0 Å². The molecule has 3 rings (SSSR count). The molecular weight excluding hydrogens is 280 g/mol. The van der Waals surface area contributed by atoms with E-state index in [-0.39, 0.29) is 30.0 Å². The maximum atomic E-state index is 12.5. The van der Waals surface area contributed by atoms with Crippen LogP contribution in [-0.4, -0.2) is 22.3 Å². The van der Waals surface area contributed by atoms with Gasteiger partial charge in [0.25, 0.3) is 0 Å². The number of rotatable bonds is 3. The molecule has 5 nitrogen and oxygen atoms in total. The van der Waals surface area contributed by atoms with Gasteiger partial charge in [-0.1, -0.05) is 37.3 Å². The Labute approximate surface area is 128 Å². The number of ketones is 1. The standard InChI is InChI=1S/C17H18N2O3/c1-11-7-8-17(9-13(19-18)15(17)20)14(11)16(21)22-10-12-5-3-2-4-6-12/h2-6,11,14H,7-10H2,1H3. The number of esters is 1. The van der Waals surface area contributed by atoms with Gasteiger partial charge in [-0.15, -0.1) is 0 Å². The van der Waals surface area contributed by atoms with Crippen molar-refractivity contribution in [1.82, 2.24) is 0 Å². The molecule has 0 amide bonds. The van der Waals surface area contributed by atoms with Crippen LogP contribution in [0.15, 0.2) is 30.3 Å². The van der Waals surface area contributed by atoms with Gasteiger partial charge in [-0.3, -0.25) is 9.59 Å². The minimum absolute atomic E-state index is 0.104. The van der Waals surface area contributed by atoms with Crippen LogP contribution >= 0.6 is 0 Å². The predicted molar refractivity (Wildman–Crippen MR) is 78.8 cm³/mol. The summed E-state index contributed by atoms with van der Waals surface area (Å²) in [7, 11) is 0. The first kappa shape index (κ1) is 14.7. The molecule has 0 saturated heterocycles. The van der Waals surface area contributed by atoms with Gasteiger partial charge < -0.3 is 10.3 Å². The molecule has 0 N–H and O–H groups in total. The van der Waals surface area contributed by atoms with Crippen LogP contribution in [0.2, 0.25) is 0 Å². The molecule has 0 aromatic heterocycles. The lowest BCUT2D eigenvalue weighted by atomic mass is 9.59. The normalized spacial score (nSPS) is 30.0. The van der Waals surface area contributed by atoms with Crippen LogP contribution < -0.4 is 0 Å². The fourth-order valence-corrected chi connectivity index (χ4v) is 3.80. The van der Waals surface area contributed by atoms with E-state index in [1.165, 1.54) is 0 Å². The van der Waals surface area contributed by atoms with E-state index in [1.54, 1.807) is 0 Å². The number of hydrogen-bond donors (Lipinski definition) is 0. The van der Waals surface area contributed by atoms with Crippen LogP contribution in [0.5, 0.6) is 0 Å². The fraction of sp³-hybridized carbons (Fsp3) is 0.471. The molecule has 0 radical (unpaired) electrons. The Morgan fingerprint density at radius 2 is 2.14 bits per heavy atom. The number of carbonyl (C=O) groups is 2. The summed E-state index contributed by atoms with van der Waals surface area (Å²) in [5.41, 5.74) is 9.19. The molecule has 0 heterocycles. The molecule has 5 heteroatoms. The highest BCUT2D eigenvalue weighted by Crippen LogP contribution is 2.55.